The van der Waals surface area contributed by atoms with Gasteiger partial charge < -0.3 is 5.32 Å². The number of piperazine rings is 1. The van der Waals surface area contributed by atoms with E-state index in [9.17, 15) is 0 Å². The standard InChI is InChI=1S/C18H29N3/c1-19-17-8-5-9-18(14-17)21-12-10-20(11-13-21)15-16-6-3-2-4-7-16/h2-4,6-7,17-19H,5,8-15H2,1H3/t17?,18-/m0/s1. The summed E-state index contributed by atoms with van der Waals surface area (Å²) in [5, 5.41) is 3.48. The van der Waals surface area contributed by atoms with Crippen LogP contribution in [0.2, 0.25) is 0 Å². The third-order valence-corrected chi connectivity index (χ3v) is 5.23. The first-order valence-corrected chi connectivity index (χ1v) is 8.53. The van der Waals surface area contributed by atoms with Crippen LogP contribution in [0.25, 0.3) is 0 Å². The third-order valence-electron chi connectivity index (χ3n) is 5.23. The van der Waals surface area contributed by atoms with Crippen LogP contribution in [0.5, 0.6) is 0 Å². The van der Waals surface area contributed by atoms with E-state index in [1.165, 1.54) is 57.4 Å². The second-order valence-corrected chi connectivity index (χ2v) is 6.60. The van der Waals surface area contributed by atoms with Gasteiger partial charge in [-0.05, 0) is 31.9 Å². The van der Waals surface area contributed by atoms with Gasteiger partial charge in [-0.2, -0.15) is 0 Å². The smallest absolute Gasteiger partial charge is 0.0234 e. The van der Waals surface area contributed by atoms with Gasteiger partial charge in [0, 0.05) is 44.8 Å². The number of hydrogen-bond acceptors (Lipinski definition) is 3. The highest BCUT2D eigenvalue weighted by atomic mass is 15.3. The monoisotopic (exact) mass is 287 g/mol. The van der Waals surface area contributed by atoms with E-state index in [4.69, 9.17) is 0 Å². The van der Waals surface area contributed by atoms with Crippen molar-refractivity contribution in [2.24, 2.45) is 0 Å². The summed E-state index contributed by atoms with van der Waals surface area (Å²) in [4.78, 5) is 5.34. The second-order valence-electron chi connectivity index (χ2n) is 6.60. The van der Waals surface area contributed by atoms with Gasteiger partial charge in [-0.15, -0.1) is 0 Å². The molecule has 116 valence electrons. The molecule has 3 heteroatoms. The van der Waals surface area contributed by atoms with Gasteiger partial charge in [0.05, 0.1) is 0 Å². The first-order chi connectivity index (χ1) is 10.3. The fourth-order valence-electron chi connectivity index (χ4n) is 3.89. The topological polar surface area (TPSA) is 18.5 Å². The van der Waals surface area contributed by atoms with E-state index in [1.807, 2.05) is 0 Å². The van der Waals surface area contributed by atoms with Crippen molar-refractivity contribution in [3.05, 3.63) is 35.9 Å². The molecule has 0 spiro atoms. The summed E-state index contributed by atoms with van der Waals surface area (Å²) in [6.07, 6.45) is 5.49. The summed E-state index contributed by atoms with van der Waals surface area (Å²) in [6.45, 7) is 6.03. The lowest BCUT2D eigenvalue weighted by molar-refractivity contribution is 0.0693. The lowest BCUT2D eigenvalue weighted by atomic mass is 9.89. The van der Waals surface area contributed by atoms with Gasteiger partial charge >= 0.3 is 0 Å². The SMILES string of the molecule is CNC1CCC[C@H](N2CCN(Cc3ccccc3)CC2)C1. The molecule has 2 aliphatic rings. The van der Waals surface area contributed by atoms with Crippen molar-refractivity contribution in [2.45, 2.75) is 44.3 Å². The number of rotatable bonds is 4. The maximum Gasteiger partial charge on any atom is 0.0234 e. The molecule has 2 atom stereocenters. The molecule has 1 N–H and O–H groups in total. The van der Waals surface area contributed by atoms with Crippen molar-refractivity contribution in [1.29, 1.82) is 0 Å². The minimum Gasteiger partial charge on any atom is -0.317 e. The maximum absolute atomic E-state index is 3.48. The van der Waals surface area contributed by atoms with E-state index in [0.29, 0.717) is 0 Å². The molecular weight excluding hydrogens is 258 g/mol. The maximum atomic E-state index is 3.48. The van der Waals surface area contributed by atoms with E-state index in [-0.39, 0.29) is 0 Å². The molecular formula is C18H29N3. The predicted octanol–water partition coefficient (Wildman–Crippen LogP) is 2.33. The first kappa shape index (κ1) is 15.0. The molecule has 1 aromatic carbocycles. The summed E-state index contributed by atoms with van der Waals surface area (Å²) in [5.74, 6) is 0. The van der Waals surface area contributed by atoms with Crippen LogP contribution >= 0.6 is 0 Å². The molecule has 1 saturated carbocycles. The molecule has 1 aromatic rings. The zero-order chi connectivity index (χ0) is 14.5. The molecule has 1 saturated heterocycles. The van der Waals surface area contributed by atoms with Gasteiger partial charge in [-0.25, -0.2) is 0 Å². The lowest BCUT2D eigenvalue weighted by Gasteiger charge is -2.42. The Hall–Kier alpha value is -0.900. The highest BCUT2D eigenvalue weighted by molar-refractivity contribution is 5.14. The molecule has 0 bridgehead atoms. The number of nitrogens with one attached hydrogen (secondary N) is 1. The molecule has 21 heavy (non-hydrogen) atoms. The zero-order valence-electron chi connectivity index (χ0n) is 13.3. The number of nitrogens with zero attached hydrogens (tertiary/aromatic N) is 2. The Bertz CT molecular complexity index is 412. The molecule has 1 aliphatic carbocycles. The summed E-state index contributed by atoms with van der Waals surface area (Å²) >= 11 is 0. The van der Waals surface area contributed by atoms with Crippen LogP contribution < -0.4 is 5.32 Å². The molecule has 0 amide bonds. The van der Waals surface area contributed by atoms with Crippen LogP contribution in [0.4, 0.5) is 0 Å². The van der Waals surface area contributed by atoms with Crippen LogP contribution in [-0.2, 0) is 6.54 Å². The zero-order valence-corrected chi connectivity index (χ0v) is 13.3. The van der Waals surface area contributed by atoms with E-state index in [1.54, 1.807) is 0 Å². The van der Waals surface area contributed by atoms with Crippen molar-refractivity contribution in [2.75, 3.05) is 33.2 Å². The van der Waals surface area contributed by atoms with Crippen molar-refractivity contribution in [3.8, 4) is 0 Å². The van der Waals surface area contributed by atoms with Gasteiger partial charge in [0.25, 0.3) is 0 Å². The van der Waals surface area contributed by atoms with E-state index >= 15 is 0 Å². The van der Waals surface area contributed by atoms with Gasteiger partial charge in [0.15, 0.2) is 0 Å². The van der Waals surface area contributed by atoms with Crippen LogP contribution in [-0.4, -0.2) is 55.1 Å². The Morgan fingerprint density at radius 2 is 1.81 bits per heavy atom. The fourth-order valence-corrected chi connectivity index (χ4v) is 3.89. The molecule has 0 aromatic heterocycles. The van der Waals surface area contributed by atoms with Crippen molar-refractivity contribution >= 4 is 0 Å². The van der Waals surface area contributed by atoms with Crippen molar-refractivity contribution < 1.29 is 0 Å². The van der Waals surface area contributed by atoms with Crippen LogP contribution in [0.15, 0.2) is 30.3 Å². The molecule has 0 radical (unpaired) electrons. The predicted molar refractivity (Wildman–Crippen MR) is 88.4 cm³/mol. The molecule has 2 fully saturated rings. The normalized spacial score (nSPS) is 28.6. The second kappa shape index (κ2) is 7.39. The third kappa shape index (κ3) is 4.06. The number of benzene rings is 1. The van der Waals surface area contributed by atoms with E-state index in [0.717, 1.165) is 18.6 Å². The molecule has 3 nitrogen and oxygen atoms in total. The van der Waals surface area contributed by atoms with Crippen LogP contribution in [0, 0.1) is 0 Å². The van der Waals surface area contributed by atoms with Gasteiger partial charge in [0.2, 0.25) is 0 Å². The van der Waals surface area contributed by atoms with Crippen LogP contribution in [0.3, 0.4) is 0 Å². The Morgan fingerprint density at radius 1 is 1.05 bits per heavy atom. The highest BCUT2D eigenvalue weighted by Gasteiger charge is 2.28. The van der Waals surface area contributed by atoms with E-state index < -0.39 is 0 Å². The van der Waals surface area contributed by atoms with Gasteiger partial charge in [0.1, 0.15) is 0 Å². The number of hydrogen-bond donors (Lipinski definition) is 1. The Balaban J connectivity index is 1.46. The summed E-state index contributed by atoms with van der Waals surface area (Å²) in [6, 6.07) is 12.4. The Labute approximate surface area is 129 Å². The van der Waals surface area contributed by atoms with E-state index in [2.05, 4.69) is 52.5 Å². The van der Waals surface area contributed by atoms with Gasteiger partial charge in [-0.1, -0.05) is 36.8 Å². The summed E-state index contributed by atoms with van der Waals surface area (Å²) in [5.41, 5.74) is 1.44. The van der Waals surface area contributed by atoms with Crippen molar-refractivity contribution in [3.63, 3.8) is 0 Å². The van der Waals surface area contributed by atoms with Crippen molar-refractivity contribution in [1.82, 2.24) is 15.1 Å². The fraction of sp³-hybridized carbons (Fsp3) is 0.667. The molecule has 1 unspecified atom stereocenters. The van der Waals surface area contributed by atoms with Gasteiger partial charge in [-0.3, -0.25) is 9.80 Å². The molecule has 1 heterocycles. The quantitative estimate of drug-likeness (QED) is 0.917. The average molecular weight is 287 g/mol. The largest absolute Gasteiger partial charge is 0.317 e. The summed E-state index contributed by atoms with van der Waals surface area (Å²) < 4.78 is 0. The Kier molecular flexibility index (Phi) is 5.28. The first-order valence-electron chi connectivity index (χ1n) is 8.53. The summed E-state index contributed by atoms with van der Waals surface area (Å²) in [7, 11) is 2.12. The molecule has 1 aliphatic heterocycles. The van der Waals surface area contributed by atoms with Crippen LogP contribution in [0.1, 0.15) is 31.2 Å². The highest BCUT2D eigenvalue weighted by Crippen LogP contribution is 2.24. The average Bonchev–Trinajstić information content (AvgIpc) is 2.56. The lowest BCUT2D eigenvalue weighted by Crippen LogP contribution is -2.52. The Morgan fingerprint density at radius 3 is 2.52 bits per heavy atom. The molecule has 3 rings (SSSR count). The minimum absolute atomic E-state index is 0.742. The minimum atomic E-state index is 0.742.